The van der Waals surface area contributed by atoms with Crippen molar-refractivity contribution in [3.8, 4) is 0 Å². The van der Waals surface area contributed by atoms with E-state index < -0.39 is 11.9 Å². The number of nitrogens with zero attached hydrogens (tertiary/aromatic N) is 3. The van der Waals surface area contributed by atoms with Crippen LogP contribution in [0.5, 0.6) is 0 Å². The summed E-state index contributed by atoms with van der Waals surface area (Å²) in [6.45, 7) is 2.29. The molecule has 1 aromatic heterocycles. The van der Waals surface area contributed by atoms with E-state index in [0.29, 0.717) is 6.54 Å². The summed E-state index contributed by atoms with van der Waals surface area (Å²) in [6.07, 6.45) is 3.92. The number of nitrogens with two attached hydrogens (primary N) is 1. The van der Waals surface area contributed by atoms with E-state index in [1.165, 1.54) is 4.68 Å². The van der Waals surface area contributed by atoms with Crippen molar-refractivity contribution in [2.45, 2.75) is 45.2 Å². The van der Waals surface area contributed by atoms with Gasteiger partial charge in [0, 0.05) is 13.0 Å². The zero-order chi connectivity index (χ0) is 12.4. The quantitative estimate of drug-likeness (QED) is 0.406. The third-order valence-corrected chi connectivity index (χ3v) is 3.13. The second-order valence-electron chi connectivity index (χ2n) is 4.29. The Morgan fingerprint density at radius 1 is 1.47 bits per heavy atom. The Hall–Kier alpha value is -1.63. The summed E-state index contributed by atoms with van der Waals surface area (Å²) in [5, 5.41) is 4.23. The molecule has 1 aromatic rings. The number of fused-ring (bicyclic) bond motifs is 1. The standard InChI is InChI=1S/C10H17N5O2/c1-7(9(16)12-11)15-10(17)14-6-4-2-3-5-8(14)13-15/h7H,2-6,11H2,1H3,(H,12,16). The molecule has 0 spiro atoms. The maximum Gasteiger partial charge on any atom is 0.346 e. The Balaban J connectivity index is 2.37. The van der Waals surface area contributed by atoms with Gasteiger partial charge in [-0.25, -0.2) is 15.3 Å². The van der Waals surface area contributed by atoms with Gasteiger partial charge in [0.2, 0.25) is 0 Å². The smallest absolute Gasteiger partial charge is 0.292 e. The summed E-state index contributed by atoms with van der Waals surface area (Å²) in [6, 6.07) is -0.674. The first-order valence-electron chi connectivity index (χ1n) is 5.84. The van der Waals surface area contributed by atoms with E-state index in [4.69, 9.17) is 5.84 Å². The number of carbonyl (C=O) groups is 1. The zero-order valence-corrected chi connectivity index (χ0v) is 9.85. The lowest BCUT2D eigenvalue weighted by molar-refractivity contribution is -0.124. The average molecular weight is 239 g/mol. The Morgan fingerprint density at radius 3 is 2.94 bits per heavy atom. The van der Waals surface area contributed by atoms with Crippen molar-refractivity contribution < 1.29 is 4.79 Å². The van der Waals surface area contributed by atoms with Gasteiger partial charge in [-0.05, 0) is 19.8 Å². The van der Waals surface area contributed by atoms with E-state index in [9.17, 15) is 9.59 Å². The van der Waals surface area contributed by atoms with Crippen LogP contribution in [0.25, 0.3) is 0 Å². The Labute approximate surface area is 98.6 Å². The highest BCUT2D eigenvalue weighted by Gasteiger charge is 2.22. The number of amides is 1. The molecule has 17 heavy (non-hydrogen) atoms. The lowest BCUT2D eigenvalue weighted by Gasteiger charge is -2.08. The van der Waals surface area contributed by atoms with Crippen LogP contribution in [0.2, 0.25) is 0 Å². The largest absolute Gasteiger partial charge is 0.346 e. The van der Waals surface area contributed by atoms with Gasteiger partial charge in [0.25, 0.3) is 5.91 Å². The van der Waals surface area contributed by atoms with E-state index in [2.05, 4.69) is 5.10 Å². The first kappa shape index (κ1) is 11.8. The molecular weight excluding hydrogens is 222 g/mol. The molecule has 2 heterocycles. The minimum absolute atomic E-state index is 0.224. The highest BCUT2D eigenvalue weighted by atomic mass is 16.2. The van der Waals surface area contributed by atoms with Crippen LogP contribution in [0.3, 0.4) is 0 Å². The van der Waals surface area contributed by atoms with Crippen molar-refractivity contribution in [2.75, 3.05) is 0 Å². The monoisotopic (exact) mass is 239 g/mol. The van der Waals surface area contributed by atoms with Crippen LogP contribution in [-0.2, 0) is 17.8 Å². The second kappa shape index (κ2) is 4.70. The van der Waals surface area contributed by atoms with E-state index in [-0.39, 0.29) is 5.69 Å². The van der Waals surface area contributed by atoms with Crippen molar-refractivity contribution in [1.29, 1.82) is 0 Å². The lowest BCUT2D eigenvalue weighted by atomic mass is 10.2. The van der Waals surface area contributed by atoms with Gasteiger partial charge < -0.3 is 0 Å². The number of aromatic nitrogens is 3. The number of nitrogens with one attached hydrogen (secondary N) is 1. The van der Waals surface area contributed by atoms with Crippen molar-refractivity contribution in [3.05, 3.63) is 16.3 Å². The van der Waals surface area contributed by atoms with Gasteiger partial charge in [-0.2, -0.15) is 5.10 Å². The van der Waals surface area contributed by atoms with E-state index in [0.717, 1.165) is 31.5 Å². The van der Waals surface area contributed by atoms with Crippen LogP contribution in [0, 0.1) is 0 Å². The zero-order valence-electron chi connectivity index (χ0n) is 9.85. The number of aryl methyl sites for hydroxylation is 1. The summed E-state index contributed by atoms with van der Waals surface area (Å²) >= 11 is 0. The maximum atomic E-state index is 12.1. The molecule has 0 saturated heterocycles. The van der Waals surface area contributed by atoms with Gasteiger partial charge in [0.05, 0.1) is 0 Å². The maximum absolute atomic E-state index is 12.1. The third kappa shape index (κ3) is 2.10. The fourth-order valence-corrected chi connectivity index (χ4v) is 2.08. The van der Waals surface area contributed by atoms with Crippen molar-refractivity contribution in [1.82, 2.24) is 19.8 Å². The lowest BCUT2D eigenvalue weighted by Crippen LogP contribution is -2.40. The summed E-state index contributed by atoms with van der Waals surface area (Å²) in [5.41, 5.74) is 1.81. The normalized spacial score (nSPS) is 17.1. The van der Waals surface area contributed by atoms with Gasteiger partial charge in [0.1, 0.15) is 11.9 Å². The predicted octanol–water partition coefficient (Wildman–Crippen LogP) is -0.678. The van der Waals surface area contributed by atoms with Crippen molar-refractivity contribution in [3.63, 3.8) is 0 Å². The highest BCUT2D eigenvalue weighted by molar-refractivity contribution is 5.78. The van der Waals surface area contributed by atoms with Gasteiger partial charge in [-0.15, -0.1) is 0 Å². The van der Waals surface area contributed by atoms with Crippen LogP contribution in [0.4, 0.5) is 0 Å². The number of hydrazine groups is 1. The summed E-state index contributed by atoms with van der Waals surface area (Å²) < 4.78 is 2.87. The van der Waals surface area contributed by atoms with Crippen molar-refractivity contribution >= 4 is 5.91 Å². The molecule has 94 valence electrons. The minimum atomic E-state index is -0.674. The van der Waals surface area contributed by atoms with Crippen LogP contribution in [0.1, 0.15) is 38.1 Å². The van der Waals surface area contributed by atoms with Gasteiger partial charge in [0.15, 0.2) is 0 Å². The minimum Gasteiger partial charge on any atom is -0.292 e. The molecule has 0 radical (unpaired) electrons. The van der Waals surface area contributed by atoms with E-state index in [1.54, 1.807) is 11.5 Å². The first-order chi connectivity index (χ1) is 8.15. The molecule has 1 unspecified atom stereocenters. The SMILES string of the molecule is CC(C(=O)NN)n1nc2n(c1=O)CCCCC2. The van der Waals surface area contributed by atoms with E-state index in [1.807, 2.05) is 5.43 Å². The van der Waals surface area contributed by atoms with Crippen LogP contribution < -0.4 is 17.0 Å². The van der Waals surface area contributed by atoms with Crippen molar-refractivity contribution in [2.24, 2.45) is 5.84 Å². The third-order valence-electron chi connectivity index (χ3n) is 3.13. The number of rotatable bonds is 2. The molecule has 0 aromatic carbocycles. The molecule has 1 atom stereocenters. The number of hydrogen-bond acceptors (Lipinski definition) is 4. The van der Waals surface area contributed by atoms with E-state index >= 15 is 0 Å². The molecular formula is C10H17N5O2. The Morgan fingerprint density at radius 2 is 2.24 bits per heavy atom. The van der Waals surface area contributed by atoms with Gasteiger partial charge >= 0.3 is 5.69 Å². The van der Waals surface area contributed by atoms with Crippen LogP contribution in [-0.4, -0.2) is 20.3 Å². The number of carbonyl (C=O) groups excluding carboxylic acids is 1. The molecule has 2 rings (SSSR count). The van der Waals surface area contributed by atoms with Crippen LogP contribution >= 0.6 is 0 Å². The molecule has 0 aliphatic carbocycles. The topological polar surface area (TPSA) is 94.9 Å². The Bertz CT molecular complexity index is 476. The molecule has 3 N–H and O–H groups in total. The number of hydrogen-bond donors (Lipinski definition) is 2. The molecule has 1 amide bonds. The molecule has 0 bridgehead atoms. The fourth-order valence-electron chi connectivity index (χ4n) is 2.08. The molecule has 1 aliphatic heterocycles. The highest BCUT2D eigenvalue weighted by Crippen LogP contribution is 2.11. The fraction of sp³-hybridized carbons (Fsp3) is 0.700. The first-order valence-corrected chi connectivity index (χ1v) is 5.84. The Kier molecular flexibility index (Phi) is 3.28. The van der Waals surface area contributed by atoms with Crippen LogP contribution in [0.15, 0.2) is 4.79 Å². The summed E-state index contributed by atoms with van der Waals surface area (Å²) in [4.78, 5) is 23.5. The van der Waals surface area contributed by atoms with Gasteiger partial charge in [-0.1, -0.05) is 6.42 Å². The summed E-state index contributed by atoms with van der Waals surface area (Å²) in [5.74, 6) is 5.41. The summed E-state index contributed by atoms with van der Waals surface area (Å²) in [7, 11) is 0. The average Bonchev–Trinajstić information content (AvgIpc) is 2.55. The molecule has 7 nitrogen and oxygen atoms in total. The molecule has 1 aliphatic rings. The molecule has 0 fully saturated rings. The second-order valence-corrected chi connectivity index (χ2v) is 4.29. The predicted molar refractivity (Wildman–Crippen MR) is 61.1 cm³/mol. The molecule has 7 heteroatoms. The molecule has 0 saturated carbocycles. The van der Waals surface area contributed by atoms with Gasteiger partial charge in [-0.3, -0.25) is 14.8 Å².